The molecule has 1 aromatic carbocycles. The fraction of sp³-hybridized carbons (Fsp3) is 0.548. The lowest BCUT2D eigenvalue weighted by molar-refractivity contribution is -0.150. The van der Waals surface area contributed by atoms with Gasteiger partial charge in [0.2, 0.25) is 5.91 Å². The number of pyridine rings is 1. The third-order valence-corrected chi connectivity index (χ3v) is 7.66. The molecule has 222 valence electrons. The van der Waals surface area contributed by atoms with Gasteiger partial charge in [-0.15, -0.1) is 0 Å². The third kappa shape index (κ3) is 7.23. The molecule has 0 unspecified atom stereocenters. The van der Waals surface area contributed by atoms with E-state index in [4.69, 9.17) is 9.72 Å². The Morgan fingerprint density at radius 3 is 2.63 bits per heavy atom. The highest BCUT2D eigenvalue weighted by molar-refractivity contribution is 5.81. The van der Waals surface area contributed by atoms with E-state index in [9.17, 15) is 19.5 Å². The van der Waals surface area contributed by atoms with Gasteiger partial charge in [0.25, 0.3) is 5.56 Å². The zero-order valence-electron chi connectivity index (χ0n) is 25.0. The van der Waals surface area contributed by atoms with Crippen LogP contribution in [0.15, 0.2) is 35.3 Å². The zero-order chi connectivity index (χ0) is 29.8. The zero-order valence-corrected chi connectivity index (χ0v) is 25.0. The SMILES string of the molecule is CC(=O)N1CCC[C@H](Cn2c(-c3cc(C)c(=O)n(C)c3)nc3ccc(CN[C@@H](C(=O)OCC(C)C)[C@@H](C)O)cc32)C1. The number of hydrogen-bond acceptors (Lipinski definition) is 7. The summed E-state index contributed by atoms with van der Waals surface area (Å²) in [7, 11) is 1.74. The Hall–Kier alpha value is -3.50. The number of aromatic nitrogens is 3. The van der Waals surface area contributed by atoms with Crippen LogP contribution in [0.25, 0.3) is 22.4 Å². The van der Waals surface area contributed by atoms with Gasteiger partial charge in [-0.3, -0.25) is 19.7 Å². The van der Waals surface area contributed by atoms with E-state index in [1.807, 2.05) is 43.1 Å². The lowest BCUT2D eigenvalue weighted by atomic mass is 9.97. The normalized spacial score (nSPS) is 17.2. The van der Waals surface area contributed by atoms with E-state index in [1.54, 1.807) is 32.4 Å². The van der Waals surface area contributed by atoms with Crippen molar-refractivity contribution in [3.8, 4) is 11.4 Å². The van der Waals surface area contributed by atoms with Crippen LogP contribution in [-0.2, 0) is 34.5 Å². The fourth-order valence-corrected chi connectivity index (χ4v) is 5.46. The Bertz CT molecular complexity index is 1430. The minimum absolute atomic E-state index is 0.0475. The van der Waals surface area contributed by atoms with Crippen molar-refractivity contribution in [1.29, 1.82) is 0 Å². The number of fused-ring (bicyclic) bond motifs is 1. The van der Waals surface area contributed by atoms with E-state index < -0.39 is 18.1 Å². The minimum Gasteiger partial charge on any atom is -0.464 e. The number of benzene rings is 1. The van der Waals surface area contributed by atoms with Gasteiger partial charge in [0, 0.05) is 57.5 Å². The predicted octanol–water partition coefficient (Wildman–Crippen LogP) is 3.01. The first-order valence-corrected chi connectivity index (χ1v) is 14.4. The number of nitrogens with zero attached hydrogens (tertiary/aromatic N) is 4. The first kappa shape index (κ1) is 30.5. The quantitative estimate of drug-likeness (QED) is 0.363. The van der Waals surface area contributed by atoms with Crippen molar-refractivity contribution in [2.24, 2.45) is 18.9 Å². The molecule has 10 nitrogen and oxygen atoms in total. The number of hydrogen-bond donors (Lipinski definition) is 2. The van der Waals surface area contributed by atoms with Crippen molar-refractivity contribution in [3.63, 3.8) is 0 Å². The molecule has 0 radical (unpaired) electrons. The van der Waals surface area contributed by atoms with Crippen molar-refractivity contribution >= 4 is 22.9 Å². The van der Waals surface area contributed by atoms with E-state index >= 15 is 0 Å². The highest BCUT2D eigenvalue weighted by atomic mass is 16.5. The highest BCUT2D eigenvalue weighted by Gasteiger charge is 2.26. The number of piperidine rings is 1. The summed E-state index contributed by atoms with van der Waals surface area (Å²) in [5.74, 6) is 0.844. The van der Waals surface area contributed by atoms with Gasteiger partial charge in [-0.1, -0.05) is 19.9 Å². The molecule has 0 saturated carbocycles. The fourth-order valence-electron chi connectivity index (χ4n) is 5.46. The van der Waals surface area contributed by atoms with Crippen LogP contribution >= 0.6 is 0 Å². The number of ether oxygens (including phenoxy) is 1. The van der Waals surface area contributed by atoms with Crippen LogP contribution in [0.3, 0.4) is 0 Å². The molecule has 1 saturated heterocycles. The van der Waals surface area contributed by atoms with Crippen molar-refractivity contribution in [1.82, 2.24) is 24.3 Å². The molecule has 0 aliphatic carbocycles. The van der Waals surface area contributed by atoms with Gasteiger partial charge in [0.15, 0.2) is 0 Å². The van der Waals surface area contributed by atoms with Crippen LogP contribution in [0, 0.1) is 18.8 Å². The van der Waals surface area contributed by atoms with E-state index in [0.29, 0.717) is 31.8 Å². The molecule has 1 fully saturated rings. The molecular formula is C31H43N5O5. The second kappa shape index (κ2) is 13.0. The molecule has 4 rings (SSSR count). The molecule has 1 aliphatic heterocycles. The van der Waals surface area contributed by atoms with Gasteiger partial charge in [-0.25, -0.2) is 4.98 Å². The summed E-state index contributed by atoms with van der Waals surface area (Å²) >= 11 is 0. The van der Waals surface area contributed by atoms with Gasteiger partial charge in [0.1, 0.15) is 11.9 Å². The number of nitrogens with one attached hydrogen (secondary N) is 1. The highest BCUT2D eigenvalue weighted by Crippen LogP contribution is 2.29. The van der Waals surface area contributed by atoms with Gasteiger partial charge in [0.05, 0.1) is 23.7 Å². The second-order valence-corrected chi connectivity index (χ2v) is 11.8. The van der Waals surface area contributed by atoms with E-state index in [2.05, 4.69) is 16.0 Å². The maximum absolute atomic E-state index is 12.6. The number of aryl methyl sites for hydroxylation is 2. The van der Waals surface area contributed by atoms with E-state index in [0.717, 1.165) is 47.4 Å². The number of esters is 1. The van der Waals surface area contributed by atoms with Crippen molar-refractivity contribution in [2.75, 3.05) is 19.7 Å². The molecule has 2 N–H and O–H groups in total. The second-order valence-electron chi connectivity index (χ2n) is 11.8. The monoisotopic (exact) mass is 565 g/mol. The Morgan fingerprint density at radius 2 is 1.98 bits per heavy atom. The molecule has 3 aromatic rings. The Morgan fingerprint density at radius 1 is 1.22 bits per heavy atom. The number of rotatable bonds is 10. The Labute approximate surface area is 241 Å². The third-order valence-electron chi connectivity index (χ3n) is 7.66. The molecule has 1 aliphatic rings. The van der Waals surface area contributed by atoms with E-state index in [1.165, 1.54) is 0 Å². The van der Waals surface area contributed by atoms with Crippen LogP contribution in [0.5, 0.6) is 0 Å². The average molecular weight is 566 g/mol. The maximum Gasteiger partial charge on any atom is 0.325 e. The van der Waals surface area contributed by atoms with Gasteiger partial charge < -0.3 is 23.9 Å². The van der Waals surface area contributed by atoms with Crippen molar-refractivity contribution < 1.29 is 19.4 Å². The van der Waals surface area contributed by atoms with Crippen LogP contribution < -0.4 is 10.9 Å². The molecule has 0 bridgehead atoms. The molecule has 0 spiro atoms. The Kier molecular flexibility index (Phi) is 9.65. The molecule has 41 heavy (non-hydrogen) atoms. The molecule has 3 heterocycles. The number of aliphatic hydroxyl groups excluding tert-OH is 1. The largest absolute Gasteiger partial charge is 0.464 e. The molecule has 2 aromatic heterocycles. The lowest BCUT2D eigenvalue weighted by Gasteiger charge is -2.32. The van der Waals surface area contributed by atoms with Crippen LogP contribution in [-0.4, -0.2) is 67.8 Å². The Balaban J connectivity index is 1.68. The van der Waals surface area contributed by atoms with E-state index in [-0.39, 0.29) is 23.3 Å². The smallest absolute Gasteiger partial charge is 0.325 e. The summed E-state index contributed by atoms with van der Waals surface area (Å²) in [4.78, 5) is 44.0. The number of carbonyl (C=O) groups is 2. The molecular weight excluding hydrogens is 522 g/mol. The topological polar surface area (TPSA) is 119 Å². The summed E-state index contributed by atoms with van der Waals surface area (Å²) in [6.07, 6.45) is 2.85. The number of aliphatic hydroxyl groups is 1. The number of amides is 1. The summed E-state index contributed by atoms with van der Waals surface area (Å²) in [6.45, 7) is 11.7. The van der Waals surface area contributed by atoms with Gasteiger partial charge in [-0.2, -0.15) is 0 Å². The molecule has 1 amide bonds. The molecule has 3 atom stereocenters. The predicted molar refractivity (Wildman–Crippen MR) is 158 cm³/mol. The van der Waals surface area contributed by atoms with Crippen molar-refractivity contribution in [3.05, 3.63) is 51.9 Å². The van der Waals surface area contributed by atoms with Gasteiger partial charge >= 0.3 is 5.97 Å². The summed E-state index contributed by atoms with van der Waals surface area (Å²) in [5.41, 5.74) is 4.12. The summed E-state index contributed by atoms with van der Waals surface area (Å²) < 4.78 is 9.14. The van der Waals surface area contributed by atoms with Crippen LogP contribution in [0.1, 0.15) is 51.7 Å². The first-order valence-electron chi connectivity index (χ1n) is 14.4. The summed E-state index contributed by atoms with van der Waals surface area (Å²) in [6, 6.07) is 6.99. The molecule has 10 heteroatoms. The first-order chi connectivity index (χ1) is 19.4. The average Bonchev–Trinajstić information content (AvgIpc) is 3.27. The van der Waals surface area contributed by atoms with Crippen LogP contribution in [0.4, 0.5) is 0 Å². The number of carbonyl (C=O) groups excluding carboxylic acids is 2. The maximum atomic E-state index is 12.6. The number of imidazole rings is 1. The summed E-state index contributed by atoms with van der Waals surface area (Å²) in [5, 5.41) is 13.4. The number of likely N-dealkylation sites (tertiary alicyclic amines) is 1. The van der Waals surface area contributed by atoms with Crippen molar-refractivity contribution in [2.45, 2.75) is 72.7 Å². The van der Waals surface area contributed by atoms with Gasteiger partial charge in [-0.05, 0) is 62.3 Å². The lowest BCUT2D eigenvalue weighted by Crippen LogP contribution is -2.45. The van der Waals surface area contributed by atoms with Crippen LogP contribution in [0.2, 0.25) is 0 Å². The standard InChI is InChI=1S/C31H43N5O5/c1-19(2)18-41-31(40)28(21(4)37)32-14-23-9-10-26-27(13-23)36(16-24-8-7-11-35(15-24)22(5)38)29(33-26)25-12-20(3)30(39)34(6)17-25/h9-10,12-13,17,19,21,24,28,32,37H,7-8,11,14-16,18H2,1-6H3/t21-,24+,28-/m1/s1. The minimum atomic E-state index is -0.918.